The molecule has 1 amide bonds. The van der Waals surface area contributed by atoms with E-state index in [1.165, 1.54) is 366 Å². The van der Waals surface area contributed by atoms with Crippen molar-refractivity contribution in [1.82, 2.24) is 5.32 Å². The Labute approximate surface area is 672 Å². The molecule has 0 radical (unpaired) electrons. The third kappa shape index (κ3) is 49.9. The number of amides is 1. The second-order valence-corrected chi connectivity index (χ2v) is 34.2. The minimum Gasteiger partial charge on any atom is -0.394 e. The highest BCUT2D eigenvalue weighted by Gasteiger charge is 2.54. The molecule has 0 bridgehead atoms. The van der Waals surface area contributed by atoms with Crippen LogP contribution in [0.15, 0.2) is 0 Å². The van der Waals surface area contributed by atoms with Gasteiger partial charge in [0.1, 0.15) is 73.2 Å². The summed E-state index contributed by atoms with van der Waals surface area (Å²) in [5.74, 6) is -0.230. The summed E-state index contributed by atoms with van der Waals surface area (Å²) in [5.41, 5.74) is 0. The van der Waals surface area contributed by atoms with E-state index < -0.39 is 124 Å². The summed E-state index contributed by atoms with van der Waals surface area (Å²) in [4.78, 5) is 13.6. The van der Waals surface area contributed by atoms with Gasteiger partial charge in [-0.1, -0.05) is 425 Å². The van der Waals surface area contributed by atoms with E-state index in [4.69, 9.17) is 28.4 Å². The zero-order chi connectivity index (χ0) is 79.5. The molecule has 12 N–H and O–H groups in total. The van der Waals surface area contributed by atoms with Crippen LogP contribution in [0.4, 0.5) is 0 Å². The molecular formula is C91H177NO18. The number of unbranched alkanes of at least 4 members (excludes halogenated alkanes) is 63. The van der Waals surface area contributed by atoms with Gasteiger partial charge in [-0.05, 0) is 12.8 Å². The van der Waals surface area contributed by atoms with Gasteiger partial charge in [0, 0.05) is 6.42 Å². The minimum absolute atomic E-state index is 0.230. The Morgan fingerprint density at radius 2 is 0.518 bits per heavy atom. The van der Waals surface area contributed by atoms with Crippen LogP contribution < -0.4 is 5.32 Å². The van der Waals surface area contributed by atoms with Crippen LogP contribution in [0, 0.1) is 0 Å². The number of carbonyl (C=O) groups is 1. The molecule has 0 spiro atoms. The van der Waals surface area contributed by atoms with Gasteiger partial charge in [-0.25, -0.2) is 0 Å². The summed E-state index contributed by atoms with van der Waals surface area (Å²) in [6.07, 6.45) is 60.9. The average Bonchev–Trinajstić information content (AvgIpc) is 0.780. The van der Waals surface area contributed by atoms with Crippen molar-refractivity contribution < 1.29 is 89.4 Å². The van der Waals surface area contributed by atoms with Gasteiger partial charge in [0.2, 0.25) is 5.91 Å². The first-order valence-corrected chi connectivity index (χ1v) is 47.3. The molecule has 3 aliphatic heterocycles. The van der Waals surface area contributed by atoms with Crippen LogP contribution in [-0.2, 0) is 33.2 Å². The highest BCUT2D eigenvalue weighted by molar-refractivity contribution is 5.76. The number of carbonyl (C=O) groups excluding carboxylic acids is 1. The first kappa shape index (κ1) is 103. The van der Waals surface area contributed by atoms with E-state index in [2.05, 4.69) is 19.2 Å². The Morgan fingerprint density at radius 1 is 0.291 bits per heavy atom. The normalized spacial score (nSPS) is 25.0. The quantitative estimate of drug-likeness (QED) is 0.0252. The van der Waals surface area contributed by atoms with Crippen LogP contribution in [0.5, 0.6) is 0 Å². The third-order valence-electron chi connectivity index (χ3n) is 24.2. The van der Waals surface area contributed by atoms with Crippen LogP contribution >= 0.6 is 0 Å². The number of hydrogen-bond acceptors (Lipinski definition) is 18. The topological polar surface area (TPSA) is 307 Å². The summed E-state index contributed by atoms with van der Waals surface area (Å²) in [6.45, 7) is 1.90. The van der Waals surface area contributed by atoms with Crippen LogP contribution in [0.2, 0.25) is 0 Å². The van der Waals surface area contributed by atoms with E-state index in [9.17, 15) is 61.0 Å². The van der Waals surface area contributed by atoms with E-state index >= 15 is 0 Å². The van der Waals surface area contributed by atoms with Crippen LogP contribution in [0.1, 0.15) is 444 Å². The molecule has 0 aliphatic carbocycles. The van der Waals surface area contributed by atoms with E-state index in [1.807, 2.05) is 0 Å². The molecule has 17 atom stereocenters. The predicted octanol–water partition coefficient (Wildman–Crippen LogP) is 18.5. The third-order valence-corrected chi connectivity index (χ3v) is 24.2. The Hall–Kier alpha value is -1.21. The zero-order valence-corrected chi connectivity index (χ0v) is 70.8. The Bertz CT molecular complexity index is 1980. The molecule has 3 fully saturated rings. The molecule has 19 heteroatoms. The van der Waals surface area contributed by atoms with Crippen molar-refractivity contribution in [3.8, 4) is 0 Å². The zero-order valence-electron chi connectivity index (χ0n) is 70.8. The molecule has 3 heterocycles. The molecule has 19 nitrogen and oxygen atoms in total. The molecule has 654 valence electrons. The lowest BCUT2D eigenvalue weighted by molar-refractivity contribution is -0.379. The standard InChI is InChI=1S/C91H177NO18/c1-3-5-7-9-11-13-15-17-19-21-23-25-27-29-31-33-35-37-38-40-42-44-46-48-50-52-54-56-58-60-62-64-66-68-75(96)74(92-79(97)69-67-65-63-61-59-57-55-53-51-49-47-45-43-41-39-36-34-32-30-28-26-24-22-20-18-16-14-12-10-8-6-4-2)73-105-89-85(103)82(100)87(77(71-94)107-89)110-91-86(104)83(101)88(78(72-95)108-91)109-90-84(102)81(99)80(98)76(70-93)106-90/h74-78,80-91,93-96,98-104H,3-73H2,1-2H3,(H,92,97). The molecular weight excluding hydrogens is 1390 g/mol. The average molecular weight is 1570 g/mol. The van der Waals surface area contributed by atoms with Crippen LogP contribution in [-0.4, -0.2) is 193 Å². The van der Waals surface area contributed by atoms with E-state index in [0.29, 0.717) is 12.8 Å². The monoisotopic (exact) mass is 1570 g/mol. The number of nitrogens with one attached hydrogen (secondary N) is 1. The van der Waals surface area contributed by atoms with E-state index in [1.54, 1.807) is 0 Å². The van der Waals surface area contributed by atoms with Gasteiger partial charge in [-0.3, -0.25) is 4.79 Å². The molecule has 0 aromatic rings. The number of ether oxygens (including phenoxy) is 6. The number of rotatable bonds is 79. The van der Waals surface area contributed by atoms with Crippen LogP contribution in [0.3, 0.4) is 0 Å². The SMILES string of the molecule is CCCCCCCCCCCCCCCCCCCCCCCCCCCCCCCCCCCC(O)C(COC1OC(CO)C(OC2OC(CO)C(OC3OC(CO)C(O)C(O)C3O)C(O)C2O)C(O)C1O)NC(=O)CCCCCCCCCCCCCCCCCCCCCCCCCCCCCCCCCC. The summed E-state index contributed by atoms with van der Waals surface area (Å²) in [5, 5.41) is 121. The van der Waals surface area contributed by atoms with Gasteiger partial charge in [0.05, 0.1) is 38.6 Å². The first-order chi connectivity index (χ1) is 53.8. The second-order valence-electron chi connectivity index (χ2n) is 34.2. The molecule has 3 rings (SSSR count). The predicted molar refractivity (Wildman–Crippen MR) is 444 cm³/mol. The molecule has 3 aliphatic rings. The lowest BCUT2D eigenvalue weighted by atomic mass is 9.96. The van der Waals surface area contributed by atoms with Crippen molar-refractivity contribution >= 4 is 5.91 Å². The summed E-state index contributed by atoms with van der Waals surface area (Å²) < 4.78 is 34.6. The van der Waals surface area contributed by atoms with Crippen molar-refractivity contribution in [1.29, 1.82) is 0 Å². The van der Waals surface area contributed by atoms with Gasteiger partial charge in [-0.2, -0.15) is 0 Å². The fourth-order valence-corrected chi connectivity index (χ4v) is 16.7. The molecule has 0 aromatic carbocycles. The maximum atomic E-state index is 13.6. The Balaban J connectivity index is 1.30. The lowest BCUT2D eigenvalue weighted by Crippen LogP contribution is -2.66. The number of aliphatic hydroxyl groups excluding tert-OH is 11. The smallest absolute Gasteiger partial charge is 0.220 e. The highest BCUT2D eigenvalue weighted by atomic mass is 16.8. The first-order valence-electron chi connectivity index (χ1n) is 47.3. The molecule has 0 aromatic heterocycles. The summed E-state index contributed by atoms with van der Waals surface area (Å²) in [6, 6.07) is -0.885. The second kappa shape index (κ2) is 71.9. The largest absolute Gasteiger partial charge is 0.394 e. The molecule has 110 heavy (non-hydrogen) atoms. The molecule has 0 saturated carbocycles. The van der Waals surface area contributed by atoms with E-state index in [-0.39, 0.29) is 18.9 Å². The van der Waals surface area contributed by atoms with Gasteiger partial charge < -0.3 is 89.9 Å². The fraction of sp³-hybridized carbons (Fsp3) is 0.989. The van der Waals surface area contributed by atoms with Gasteiger partial charge in [0.15, 0.2) is 18.9 Å². The maximum Gasteiger partial charge on any atom is 0.220 e. The van der Waals surface area contributed by atoms with Crippen molar-refractivity contribution in [2.75, 3.05) is 26.4 Å². The summed E-state index contributed by atoms with van der Waals surface area (Å²) >= 11 is 0. The molecule has 17 unspecified atom stereocenters. The highest BCUT2D eigenvalue weighted by Crippen LogP contribution is 2.34. The Morgan fingerprint density at radius 3 is 0.791 bits per heavy atom. The Kier molecular flexibility index (Phi) is 67.3. The lowest BCUT2D eigenvalue weighted by Gasteiger charge is -2.48. The minimum atomic E-state index is -1.97. The van der Waals surface area contributed by atoms with Gasteiger partial charge >= 0.3 is 0 Å². The molecule has 3 saturated heterocycles. The van der Waals surface area contributed by atoms with Gasteiger partial charge in [-0.15, -0.1) is 0 Å². The van der Waals surface area contributed by atoms with Crippen molar-refractivity contribution in [2.24, 2.45) is 0 Å². The van der Waals surface area contributed by atoms with Crippen molar-refractivity contribution in [3.05, 3.63) is 0 Å². The van der Waals surface area contributed by atoms with Crippen molar-refractivity contribution in [2.45, 2.75) is 548 Å². The summed E-state index contributed by atoms with van der Waals surface area (Å²) in [7, 11) is 0. The number of hydrogen-bond donors (Lipinski definition) is 12. The van der Waals surface area contributed by atoms with Gasteiger partial charge in [0.25, 0.3) is 0 Å². The van der Waals surface area contributed by atoms with Crippen molar-refractivity contribution in [3.63, 3.8) is 0 Å². The fourth-order valence-electron chi connectivity index (χ4n) is 16.7. The number of aliphatic hydroxyl groups is 11. The van der Waals surface area contributed by atoms with Crippen LogP contribution in [0.25, 0.3) is 0 Å². The maximum absolute atomic E-state index is 13.6. The van der Waals surface area contributed by atoms with E-state index in [0.717, 1.165) is 44.9 Å².